The Labute approximate surface area is 421 Å². The molecule has 1 heterocycles. The molecular formula is C51H84F10N2O9. The van der Waals surface area contributed by atoms with E-state index in [0.717, 1.165) is 77.7 Å². The molecule has 0 saturated carbocycles. The van der Waals surface area contributed by atoms with Crippen LogP contribution in [0.2, 0.25) is 0 Å². The molecule has 0 amide bonds. The number of alkyl halides is 10. The first-order valence-corrected chi connectivity index (χ1v) is 26.1. The van der Waals surface area contributed by atoms with Crippen LogP contribution < -0.4 is 0 Å². The van der Waals surface area contributed by atoms with E-state index in [1.807, 2.05) is 0 Å². The highest BCUT2D eigenvalue weighted by molar-refractivity contribution is 5.69. The number of likely N-dealkylation sites (N-methyl/N-ethyl adjacent to an activating group) is 1. The molecule has 0 aliphatic carbocycles. The summed E-state index contributed by atoms with van der Waals surface area (Å²) >= 11 is 0. The van der Waals surface area contributed by atoms with Crippen molar-refractivity contribution < 1.29 is 86.7 Å². The first kappa shape index (κ1) is 66.8. The Kier molecular flexibility index (Phi) is 36.5. The van der Waals surface area contributed by atoms with E-state index in [1.54, 1.807) is 0 Å². The molecule has 0 bridgehead atoms. The van der Waals surface area contributed by atoms with E-state index >= 15 is 0 Å². The molecule has 0 aromatic heterocycles. The normalized spacial score (nSPS) is 15.0. The van der Waals surface area contributed by atoms with Crippen molar-refractivity contribution in [2.24, 2.45) is 5.92 Å². The van der Waals surface area contributed by atoms with Gasteiger partial charge in [-0.3, -0.25) is 9.59 Å². The molecule has 0 radical (unpaired) electrons. The highest BCUT2D eigenvalue weighted by atomic mass is 19.4. The number of halogens is 10. The third-order valence-electron chi connectivity index (χ3n) is 12.0. The Balaban J connectivity index is 2.68. The lowest BCUT2D eigenvalue weighted by molar-refractivity contribution is -0.284. The predicted molar refractivity (Wildman–Crippen MR) is 254 cm³/mol. The van der Waals surface area contributed by atoms with Gasteiger partial charge in [0.1, 0.15) is 19.8 Å². The molecule has 422 valence electrons. The number of ether oxygens (including phenoxy) is 6. The molecule has 1 rings (SSSR count). The van der Waals surface area contributed by atoms with Gasteiger partial charge in [-0.15, -0.1) is 0 Å². The second-order valence-electron chi connectivity index (χ2n) is 18.6. The zero-order valence-electron chi connectivity index (χ0n) is 42.8. The molecule has 0 N–H and O–H groups in total. The van der Waals surface area contributed by atoms with Crippen molar-refractivity contribution >= 4 is 18.1 Å². The molecule has 11 nitrogen and oxygen atoms in total. The highest BCUT2D eigenvalue weighted by Crippen LogP contribution is 2.40. The zero-order valence-corrected chi connectivity index (χ0v) is 42.8. The largest absolute Gasteiger partial charge is 0.508 e. The van der Waals surface area contributed by atoms with Crippen molar-refractivity contribution in [2.45, 2.75) is 198 Å². The maximum absolute atomic E-state index is 13.2. The van der Waals surface area contributed by atoms with E-state index < -0.39 is 67.3 Å². The molecule has 1 atom stereocenters. The summed E-state index contributed by atoms with van der Waals surface area (Å²) in [4.78, 5) is 42.6. The van der Waals surface area contributed by atoms with Crippen molar-refractivity contribution in [1.82, 2.24) is 9.80 Å². The standard InChI is InChI=1S/C51H84F10N2O9/c1-3-4-5-6-7-8-9-10-11-12-13-14-15-16-21-27-44(64)70-40-43(42-72-47(66)69-39-26-32-63-35-33-62(2)34-36-63)41-71-45(65)28-29-46(67-37-24-19-17-22-30-48(52,53)50(56,57)58)68-38-25-20-18-23-31-49(54,55)51(59,60)61/h7-8,10-11,43,46H,3-6,9,12-42H2,1-2H3/b8-7-,11-10-. The third kappa shape index (κ3) is 35.1. The van der Waals surface area contributed by atoms with E-state index in [1.165, 1.54) is 19.3 Å². The van der Waals surface area contributed by atoms with E-state index in [4.69, 9.17) is 28.4 Å². The minimum absolute atomic E-state index is 0.0200. The van der Waals surface area contributed by atoms with Crippen LogP contribution in [0.5, 0.6) is 0 Å². The lowest BCUT2D eigenvalue weighted by Crippen LogP contribution is -2.44. The fourth-order valence-electron chi connectivity index (χ4n) is 7.30. The van der Waals surface area contributed by atoms with Gasteiger partial charge in [0.2, 0.25) is 0 Å². The number of carbonyl (C=O) groups excluding carboxylic acids is 3. The van der Waals surface area contributed by atoms with E-state index in [-0.39, 0.29) is 110 Å². The minimum atomic E-state index is -5.64. The SMILES string of the molecule is CCCCC/C=C\C/C=C\CCCCCCCC(=O)OCC(COC(=O)CCC(OCCCCCCC(F)(F)C(F)(F)F)OCCCCCCC(F)(F)C(F)(F)F)COC(=O)OCCCN1CCN(C)CC1. The summed E-state index contributed by atoms with van der Waals surface area (Å²) in [5, 5.41) is 0. The quantitative estimate of drug-likeness (QED) is 0.0145. The average molecular weight is 1060 g/mol. The molecule has 1 aliphatic rings. The number of carbonyl (C=O) groups is 3. The maximum atomic E-state index is 13.2. The average Bonchev–Trinajstić information content (AvgIpc) is 3.31. The molecule has 1 unspecified atom stereocenters. The Morgan fingerprint density at radius 2 is 0.986 bits per heavy atom. The van der Waals surface area contributed by atoms with Crippen molar-refractivity contribution in [3.63, 3.8) is 0 Å². The van der Waals surface area contributed by atoms with E-state index in [2.05, 4.69) is 48.1 Å². The van der Waals surface area contributed by atoms with Gasteiger partial charge in [-0.2, -0.15) is 43.9 Å². The van der Waals surface area contributed by atoms with Crippen LogP contribution >= 0.6 is 0 Å². The Bertz CT molecular complexity index is 1420. The fraction of sp³-hybridized carbons (Fsp3) is 0.863. The lowest BCUT2D eigenvalue weighted by atomic mass is 10.1. The summed E-state index contributed by atoms with van der Waals surface area (Å²) in [5.41, 5.74) is 0. The summed E-state index contributed by atoms with van der Waals surface area (Å²) < 4.78 is 161. The van der Waals surface area contributed by atoms with Gasteiger partial charge in [0.25, 0.3) is 0 Å². The zero-order chi connectivity index (χ0) is 53.6. The van der Waals surface area contributed by atoms with Crippen LogP contribution in [0.3, 0.4) is 0 Å². The predicted octanol–water partition coefficient (Wildman–Crippen LogP) is 13.7. The van der Waals surface area contributed by atoms with Crippen LogP contribution in [-0.2, 0) is 38.0 Å². The summed E-state index contributed by atoms with van der Waals surface area (Å²) in [6.07, 6.45) is 4.94. The molecule has 0 aromatic rings. The van der Waals surface area contributed by atoms with Crippen molar-refractivity contribution in [2.75, 3.05) is 79.4 Å². The Morgan fingerprint density at radius 1 is 0.514 bits per heavy atom. The van der Waals surface area contributed by atoms with Gasteiger partial charge in [0.15, 0.2) is 6.29 Å². The van der Waals surface area contributed by atoms with Gasteiger partial charge in [0, 0.05) is 71.6 Å². The molecule has 1 aliphatic heterocycles. The van der Waals surface area contributed by atoms with Gasteiger partial charge in [-0.1, -0.05) is 89.0 Å². The molecule has 0 spiro atoms. The smallest absolute Gasteiger partial charge is 0.465 e. The second kappa shape index (κ2) is 39.3. The van der Waals surface area contributed by atoms with E-state index in [9.17, 15) is 58.3 Å². The molecule has 1 saturated heterocycles. The van der Waals surface area contributed by atoms with Crippen LogP contribution in [-0.4, -0.2) is 138 Å². The van der Waals surface area contributed by atoms with Crippen LogP contribution in [0, 0.1) is 5.92 Å². The van der Waals surface area contributed by atoms with Crippen molar-refractivity contribution in [3.05, 3.63) is 24.3 Å². The highest BCUT2D eigenvalue weighted by Gasteiger charge is 2.57. The topological polar surface area (TPSA) is 113 Å². The second-order valence-corrected chi connectivity index (χ2v) is 18.6. The maximum Gasteiger partial charge on any atom is 0.508 e. The van der Waals surface area contributed by atoms with Crippen LogP contribution in [0.15, 0.2) is 24.3 Å². The number of nitrogens with zero attached hydrogens (tertiary/aromatic N) is 2. The van der Waals surface area contributed by atoms with Crippen LogP contribution in [0.1, 0.15) is 167 Å². The van der Waals surface area contributed by atoms with Crippen molar-refractivity contribution in [1.29, 1.82) is 0 Å². The molecule has 21 heteroatoms. The molecule has 0 aromatic carbocycles. The number of allylic oxidation sites excluding steroid dienone is 4. The number of hydrogen-bond acceptors (Lipinski definition) is 11. The van der Waals surface area contributed by atoms with Crippen LogP contribution in [0.25, 0.3) is 0 Å². The van der Waals surface area contributed by atoms with Gasteiger partial charge in [-0.25, -0.2) is 4.79 Å². The summed E-state index contributed by atoms with van der Waals surface area (Å²) in [6.45, 7) is 5.92. The first-order chi connectivity index (χ1) is 34.2. The Hall–Kier alpha value is -3.17. The van der Waals surface area contributed by atoms with Gasteiger partial charge >= 0.3 is 42.3 Å². The first-order valence-electron chi connectivity index (χ1n) is 26.1. The Morgan fingerprint density at radius 3 is 1.53 bits per heavy atom. The van der Waals surface area contributed by atoms with Gasteiger partial charge in [0.05, 0.1) is 18.9 Å². The summed E-state index contributed by atoms with van der Waals surface area (Å²) in [6, 6.07) is 0. The van der Waals surface area contributed by atoms with Crippen molar-refractivity contribution in [3.8, 4) is 0 Å². The number of unbranched alkanes of at least 4 members (excludes halogenated alkanes) is 14. The van der Waals surface area contributed by atoms with E-state index in [0.29, 0.717) is 12.8 Å². The third-order valence-corrected chi connectivity index (χ3v) is 12.0. The monoisotopic (exact) mass is 1060 g/mol. The molecular weight excluding hydrogens is 975 g/mol. The number of esters is 2. The fourth-order valence-corrected chi connectivity index (χ4v) is 7.30. The number of rotatable bonds is 43. The number of hydrogen-bond donors (Lipinski definition) is 0. The minimum Gasteiger partial charge on any atom is -0.465 e. The number of piperazine rings is 1. The van der Waals surface area contributed by atoms with Gasteiger partial charge in [-0.05, 0) is 77.7 Å². The molecule has 72 heavy (non-hydrogen) atoms. The van der Waals surface area contributed by atoms with Gasteiger partial charge < -0.3 is 38.2 Å². The summed E-state index contributed by atoms with van der Waals surface area (Å²) in [7, 11) is 2.05. The summed E-state index contributed by atoms with van der Waals surface area (Å²) in [5.74, 6) is -11.5. The molecule has 1 fully saturated rings. The van der Waals surface area contributed by atoms with Crippen LogP contribution in [0.4, 0.5) is 48.7 Å². The lowest BCUT2D eigenvalue weighted by Gasteiger charge is -2.32.